The van der Waals surface area contributed by atoms with Crippen molar-refractivity contribution in [1.29, 1.82) is 0 Å². The number of nitrogens with one attached hydrogen (secondary N) is 1. The molecule has 1 N–H and O–H groups in total. The lowest BCUT2D eigenvalue weighted by molar-refractivity contribution is -0.126. The molecule has 1 aliphatic rings. The van der Waals surface area contributed by atoms with Gasteiger partial charge in [0, 0.05) is 12.0 Å². The number of rotatable bonds is 0. The third-order valence-corrected chi connectivity index (χ3v) is 1.65. The highest BCUT2D eigenvalue weighted by atomic mass is 16.2. The van der Waals surface area contributed by atoms with Gasteiger partial charge < -0.3 is 5.32 Å². The second kappa shape index (κ2) is 3.59. The van der Waals surface area contributed by atoms with E-state index in [1.54, 1.807) is 0 Å². The minimum atomic E-state index is -0.0972. The Morgan fingerprint density at radius 1 is 1.40 bits per heavy atom. The maximum atomic E-state index is 10.8. The maximum Gasteiger partial charge on any atom is 0.225 e. The third-order valence-electron chi connectivity index (χ3n) is 1.65. The van der Waals surface area contributed by atoms with Crippen molar-refractivity contribution in [1.82, 2.24) is 5.32 Å². The normalized spacial score (nSPS) is 21.0. The molecule has 1 heterocycles. The fourth-order valence-corrected chi connectivity index (χ4v) is 0.841. The molecule has 10 heavy (non-hydrogen) atoms. The second-order valence-corrected chi connectivity index (χ2v) is 2.89. The van der Waals surface area contributed by atoms with Crippen LogP contribution in [0.1, 0.15) is 34.1 Å². The molecule has 0 atom stereocenters. The highest BCUT2D eigenvalue weighted by molar-refractivity contribution is 5.83. The Morgan fingerprint density at radius 3 is 2.00 bits per heavy atom. The summed E-state index contributed by atoms with van der Waals surface area (Å²) in [4.78, 5) is 10.8. The van der Waals surface area contributed by atoms with E-state index in [9.17, 15) is 4.79 Å². The summed E-state index contributed by atoms with van der Waals surface area (Å²) >= 11 is 0. The zero-order valence-corrected chi connectivity index (χ0v) is 7.32. The first-order valence-electron chi connectivity index (χ1n) is 3.91. The van der Waals surface area contributed by atoms with E-state index < -0.39 is 0 Å². The summed E-state index contributed by atoms with van der Waals surface area (Å²) in [5.41, 5.74) is -0.0972. The lowest BCUT2D eigenvalue weighted by atomic mass is 9.92. The van der Waals surface area contributed by atoms with Crippen LogP contribution in [0.2, 0.25) is 0 Å². The van der Waals surface area contributed by atoms with E-state index >= 15 is 0 Å². The van der Waals surface area contributed by atoms with Crippen molar-refractivity contribution in [3.63, 3.8) is 0 Å². The first-order valence-corrected chi connectivity index (χ1v) is 3.91. The number of hydrogen-bond acceptors (Lipinski definition) is 1. The molecule has 1 aliphatic heterocycles. The second-order valence-electron chi connectivity index (χ2n) is 2.89. The lowest BCUT2D eigenvalue weighted by Gasteiger charge is -2.10. The maximum absolute atomic E-state index is 10.8. The van der Waals surface area contributed by atoms with E-state index in [0.717, 1.165) is 13.0 Å². The molecule has 0 aromatic heterocycles. The van der Waals surface area contributed by atoms with Gasteiger partial charge in [-0.05, 0) is 6.42 Å². The predicted octanol–water partition coefficient (Wildman–Crippen LogP) is 1.56. The molecule has 0 unspecified atom stereocenters. The summed E-state index contributed by atoms with van der Waals surface area (Å²) in [5, 5.41) is 2.77. The summed E-state index contributed by atoms with van der Waals surface area (Å²) in [6.07, 6.45) is 0.978. The van der Waals surface area contributed by atoms with Gasteiger partial charge in [0.2, 0.25) is 5.91 Å². The van der Waals surface area contributed by atoms with Crippen LogP contribution in [0.15, 0.2) is 0 Å². The van der Waals surface area contributed by atoms with E-state index in [0.29, 0.717) is 0 Å². The predicted molar refractivity (Wildman–Crippen MR) is 42.8 cm³/mol. The summed E-state index contributed by atoms with van der Waals surface area (Å²) < 4.78 is 0. The van der Waals surface area contributed by atoms with Crippen molar-refractivity contribution in [3.05, 3.63) is 0 Å². The Morgan fingerprint density at radius 2 is 1.90 bits per heavy atom. The molecule has 1 rings (SSSR count). The van der Waals surface area contributed by atoms with Crippen molar-refractivity contribution in [2.75, 3.05) is 6.54 Å². The van der Waals surface area contributed by atoms with Crippen LogP contribution in [0.5, 0.6) is 0 Å². The number of hydrogen-bond donors (Lipinski definition) is 1. The van der Waals surface area contributed by atoms with Crippen molar-refractivity contribution in [2.24, 2.45) is 5.41 Å². The smallest absolute Gasteiger partial charge is 0.225 e. The van der Waals surface area contributed by atoms with Gasteiger partial charge in [-0.3, -0.25) is 4.79 Å². The van der Waals surface area contributed by atoms with Gasteiger partial charge in [-0.2, -0.15) is 0 Å². The molecule has 60 valence electrons. The van der Waals surface area contributed by atoms with E-state index in [1.807, 2.05) is 27.7 Å². The summed E-state index contributed by atoms with van der Waals surface area (Å²) in [6, 6.07) is 0. The molecule has 2 nitrogen and oxygen atoms in total. The average molecular weight is 143 g/mol. The van der Waals surface area contributed by atoms with Gasteiger partial charge in [-0.1, -0.05) is 27.7 Å². The SMILES string of the molecule is CC.CC1(C)CCNC1=O. The molecule has 1 fully saturated rings. The number of carbonyl (C=O) groups is 1. The van der Waals surface area contributed by atoms with Crippen molar-refractivity contribution in [3.8, 4) is 0 Å². The van der Waals surface area contributed by atoms with Crippen LogP contribution in [0, 0.1) is 5.41 Å². The van der Waals surface area contributed by atoms with Crippen LogP contribution in [-0.4, -0.2) is 12.5 Å². The fourth-order valence-electron chi connectivity index (χ4n) is 0.841. The van der Waals surface area contributed by atoms with Crippen LogP contribution in [0.25, 0.3) is 0 Å². The Kier molecular flexibility index (Phi) is 3.40. The molecule has 1 amide bonds. The molecule has 0 spiro atoms. The molecule has 0 saturated carbocycles. The van der Waals surface area contributed by atoms with Crippen LogP contribution < -0.4 is 5.32 Å². The van der Waals surface area contributed by atoms with E-state index in [4.69, 9.17) is 0 Å². The van der Waals surface area contributed by atoms with Crippen LogP contribution in [-0.2, 0) is 4.79 Å². The van der Waals surface area contributed by atoms with Crippen molar-refractivity contribution < 1.29 is 4.79 Å². The van der Waals surface area contributed by atoms with Gasteiger partial charge in [-0.25, -0.2) is 0 Å². The Hall–Kier alpha value is -0.530. The molecule has 1 saturated heterocycles. The molecule has 2 heteroatoms. The quantitative estimate of drug-likeness (QED) is 0.547. The molecule has 0 aromatic rings. The minimum absolute atomic E-state index is 0.0972. The average Bonchev–Trinajstić information content (AvgIpc) is 2.17. The van der Waals surface area contributed by atoms with E-state index in [2.05, 4.69) is 5.32 Å². The molecule has 0 radical (unpaired) electrons. The van der Waals surface area contributed by atoms with E-state index in [1.165, 1.54) is 0 Å². The highest BCUT2D eigenvalue weighted by Crippen LogP contribution is 2.23. The van der Waals surface area contributed by atoms with Gasteiger partial charge >= 0.3 is 0 Å². The number of carbonyl (C=O) groups excluding carboxylic acids is 1. The van der Waals surface area contributed by atoms with Crippen LogP contribution in [0.3, 0.4) is 0 Å². The van der Waals surface area contributed by atoms with Crippen LogP contribution >= 0.6 is 0 Å². The van der Waals surface area contributed by atoms with E-state index in [-0.39, 0.29) is 11.3 Å². The first kappa shape index (κ1) is 9.47. The molecule has 0 aliphatic carbocycles. The minimum Gasteiger partial charge on any atom is -0.356 e. The Bertz CT molecular complexity index is 118. The van der Waals surface area contributed by atoms with Gasteiger partial charge in [0.15, 0.2) is 0 Å². The third kappa shape index (κ3) is 2.01. The summed E-state index contributed by atoms with van der Waals surface area (Å²) in [5.74, 6) is 0.192. The topological polar surface area (TPSA) is 29.1 Å². The van der Waals surface area contributed by atoms with Crippen molar-refractivity contribution >= 4 is 5.91 Å². The Labute approximate surface area is 63.0 Å². The standard InChI is InChI=1S/C6H11NO.C2H6/c1-6(2)3-4-7-5(6)8;1-2/h3-4H2,1-2H3,(H,7,8);1-2H3. The largest absolute Gasteiger partial charge is 0.356 e. The summed E-state index contributed by atoms with van der Waals surface area (Å²) in [6.45, 7) is 8.79. The lowest BCUT2D eigenvalue weighted by Crippen LogP contribution is -2.24. The monoisotopic (exact) mass is 143 g/mol. The zero-order chi connectivity index (χ0) is 8.20. The highest BCUT2D eigenvalue weighted by Gasteiger charge is 2.31. The summed E-state index contributed by atoms with van der Waals surface area (Å²) in [7, 11) is 0. The fraction of sp³-hybridized carbons (Fsp3) is 0.875. The molecular formula is C8H17NO. The van der Waals surface area contributed by atoms with Gasteiger partial charge in [0.1, 0.15) is 0 Å². The molecule has 0 bridgehead atoms. The van der Waals surface area contributed by atoms with Gasteiger partial charge in [-0.15, -0.1) is 0 Å². The van der Waals surface area contributed by atoms with Gasteiger partial charge in [0.05, 0.1) is 0 Å². The van der Waals surface area contributed by atoms with Gasteiger partial charge in [0.25, 0.3) is 0 Å². The first-order chi connectivity index (χ1) is 4.63. The zero-order valence-electron chi connectivity index (χ0n) is 7.32. The van der Waals surface area contributed by atoms with Crippen LogP contribution in [0.4, 0.5) is 0 Å². The molecular weight excluding hydrogens is 126 g/mol. The Balaban J connectivity index is 0.000000371. The molecule has 0 aromatic carbocycles. The number of amides is 1. The van der Waals surface area contributed by atoms with Crippen molar-refractivity contribution in [2.45, 2.75) is 34.1 Å².